The molecule has 3 rings (SSSR count). The fourth-order valence-electron chi connectivity index (χ4n) is 2.89. The Morgan fingerprint density at radius 2 is 2.12 bits per heavy atom. The Kier molecular flexibility index (Phi) is 5.32. The van der Waals surface area contributed by atoms with Crippen LogP contribution in [0.25, 0.3) is 5.41 Å². The van der Waals surface area contributed by atoms with E-state index in [-0.39, 0.29) is 5.91 Å². The van der Waals surface area contributed by atoms with Crippen molar-refractivity contribution in [2.24, 2.45) is 0 Å². The first kappa shape index (κ1) is 18.1. The van der Waals surface area contributed by atoms with Crippen LogP contribution in [0.15, 0.2) is 58.6 Å². The smallest absolute Gasteiger partial charge is 0.254 e. The van der Waals surface area contributed by atoms with Gasteiger partial charge in [-0.05, 0) is 30.5 Å². The van der Waals surface area contributed by atoms with Crippen LogP contribution in [-0.4, -0.2) is 23.9 Å². The van der Waals surface area contributed by atoms with E-state index in [1.165, 1.54) is 11.3 Å². The topological polar surface area (TPSA) is 72.7 Å². The van der Waals surface area contributed by atoms with E-state index >= 15 is 0 Å². The first-order valence-corrected chi connectivity index (χ1v) is 9.12. The minimum atomic E-state index is -0.483. The van der Waals surface area contributed by atoms with Gasteiger partial charge in [0.2, 0.25) is 0 Å². The molecule has 0 saturated heterocycles. The number of amides is 1. The van der Waals surface area contributed by atoms with Crippen molar-refractivity contribution < 1.29 is 9.53 Å². The molecule has 1 amide bonds. The average molecular weight is 382 g/mol. The number of nitrogens with zero attached hydrogens (tertiary/aromatic N) is 1. The molecule has 0 fully saturated rings. The molecule has 1 atom stereocenters. The number of hydrogen-bond acceptors (Lipinski definition) is 4. The molecule has 0 radical (unpaired) electrons. The molecule has 1 aromatic carbocycles. The molecule has 5 nitrogen and oxygen atoms in total. The van der Waals surface area contributed by atoms with Gasteiger partial charge in [0.1, 0.15) is 10.7 Å². The number of hydrogen-bond donors (Lipinski definition) is 2. The first-order chi connectivity index (χ1) is 12.6. The maximum atomic E-state index is 13.1. The van der Waals surface area contributed by atoms with Gasteiger partial charge in [-0.25, -0.2) is 0 Å². The van der Waals surface area contributed by atoms with Crippen LogP contribution in [0.1, 0.15) is 17.7 Å². The highest BCUT2D eigenvalue weighted by atomic mass is 32.1. The number of para-hydroxylation sites is 2. The standard InChI is InChI=1S/C19H16N3O2S2/c1-11-16(18(23)22-13-6-3-4-7-14(13)24-2)17(15-8-5-9-26-15)12(10-20)19(25)21-11/h3-9,17H,1-2H3,(H,21,25)(H,22,23)/q-1. The zero-order valence-corrected chi connectivity index (χ0v) is 15.8. The minimum Gasteiger partial charge on any atom is -0.763 e. The molecule has 0 saturated carbocycles. The van der Waals surface area contributed by atoms with E-state index in [4.69, 9.17) is 17.0 Å². The summed E-state index contributed by atoms with van der Waals surface area (Å²) in [6, 6.07) is 11.0. The van der Waals surface area contributed by atoms with Gasteiger partial charge in [-0.3, -0.25) is 10.7 Å². The Morgan fingerprint density at radius 3 is 2.77 bits per heavy atom. The summed E-state index contributed by atoms with van der Waals surface area (Å²) >= 11 is 6.80. The molecule has 0 bridgehead atoms. The number of allylic oxidation sites excluding steroid dienone is 1. The molecule has 7 heteroatoms. The molecule has 2 heterocycles. The van der Waals surface area contributed by atoms with Crippen LogP contribution in [0.2, 0.25) is 0 Å². The maximum Gasteiger partial charge on any atom is 0.254 e. The molecule has 132 valence electrons. The van der Waals surface area contributed by atoms with Gasteiger partial charge in [-0.1, -0.05) is 30.4 Å². The largest absolute Gasteiger partial charge is 0.763 e. The lowest BCUT2D eigenvalue weighted by Crippen LogP contribution is -2.36. The van der Waals surface area contributed by atoms with Crippen molar-refractivity contribution in [1.29, 1.82) is 0 Å². The summed E-state index contributed by atoms with van der Waals surface area (Å²) in [5.74, 6) is 1.95. The lowest BCUT2D eigenvalue weighted by Gasteiger charge is -2.30. The second-order valence-corrected chi connectivity index (χ2v) is 7.01. The van der Waals surface area contributed by atoms with Gasteiger partial charge >= 0.3 is 0 Å². The van der Waals surface area contributed by atoms with Crippen LogP contribution in [0.4, 0.5) is 5.69 Å². The van der Waals surface area contributed by atoms with Crippen molar-refractivity contribution in [3.8, 4) is 5.75 Å². The molecular formula is C19H16N3O2S2-. The molecule has 2 aromatic rings. The number of rotatable bonds is 4. The fourth-order valence-corrected chi connectivity index (χ4v) is 4.05. The monoisotopic (exact) mass is 382 g/mol. The van der Waals surface area contributed by atoms with Crippen molar-refractivity contribution in [1.82, 2.24) is 5.32 Å². The summed E-state index contributed by atoms with van der Waals surface area (Å²) in [4.78, 5) is 14.4. The molecule has 1 aliphatic rings. The van der Waals surface area contributed by atoms with Crippen LogP contribution in [0, 0.1) is 0 Å². The Balaban J connectivity index is 2.05. The number of ether oxygens (including phenoxy) is 1. The fraction of sp³-hybridized carbons (Fsp3) is 0.158. The molecule has 0 aliphatic carbocycles. The van der Waals surface area contributed by atoms with Crippen LogP contribution in [0.5, 0.6) is 5.75 Å². The predicted molar refractivity (Wildman–Crippen MR) is 109 cm³/mol. The number of anilines is 1. The van der Waals surface area contributed by atoms with Gasteiger partial charge in [0.05, 0.1) is 18.7 Å². The molecular weight excluding hydrogens is 366 g/mol. The summed E-state index contributed by atoms with van der Waals surface area (Å²) in [5.41, 5.74) is 2.05. The number of carbonyl (C=O) groups is 1. The van der Waals surface area contributed by atoms with Crippen LogP contribution >= 0.6 is 23.6 Å². The highest BCUT2D eigenvalue weighted by Crippen LogP contribution is 2.39. The van der Waals surface area contributed by atoms with Crippen molar-refractivity contribution in [3.63, 3.8) is 0 Å². The van der Waals surface area contributed by atoms with E-state index < -0.39 is 5.92 Å². The van der Waals surface area contributed by atoms with Gasteiger partial charge in [0, 0.05) is 21.7 Å². The van der Waals surface area contributed by atoms with Crippen LogP contribution in [0.3, 0.4) is 0 Å². The summed E-state index contributed by atoms with van der Waals surface area (Å²) in [5, 5.41) is 17.4. The Morgan fingerprint density at radius 1 is 1.35 bits per heavy atom. The Bertz CT molecular complexity index is 941. The van der Waals surface area contributed by atoms with Crippen molar-refractivity contribution in [3.05, 3.63) is 68.9 Å². The van der Waals surface area contributed by atoms with Gasteiger partial charge in [0.15, 0.2) is 0 Å². The van der Waals surface area contributed by atoms with E-state index in [0.717, 1.165) is 4.88 Å². The number of methoxy groups -OCH3 is 1. The second-order valence-electron chi connectivity index (χ2n) is 5.62. The van der Waals surface area contributed by atoms with E-state index in [1.54, 1.807) is 26.2 Å². The highest BCUT2D eigenvalue weighted by molar-refractivity contribution is 7.80. The van der Waals surface area contributed by atoms with Gasteiger partial charge in [-0.2, -0.15) is 0 Å². The lowest BCUT2D eigenvalue weighted by atomic mass is 9.85. The summed E-state index contributed by atoms with van der Waals surface area (Å²) in [6.07, 6.45) is 0. The number of benzene rings is 1. The highest BCUT2D eigenvalue weighted by Gasteiger charge is 2.34. The van der Waals surface area contributed by atoms with Gasteiger partial charge in [-0.15, -0.1) is 11.3 Å². The Hall–Kier alpha value is -2.73. The first-order valence-electron chi connectivity index (χ1n) is 7.83. The summed E-state index contributed by atoms with van der Waals surface area (Å²) in [6.45, 7) is 1.79. The van der Waals surface area contributed by atoms with Gasteiger partial charge < -0.3 is 20.8 Å². The van der Waals surface area contributed by atoms with E-state index in [1.807, 2.05) is 29.6 Å². The summed E-state index contributed by atoms with van der Waals surface area (Å²) in [7, 11) is 1.55. The van der Waals surface area contributed by atoms with Gasteiger partial charge in [0.25, 0.3) is 5.91 Å². The van der Waals surface area contributed by atoms with Crippen molar-refractivity contribution >= 4 is 46.0 Å². The number of nitrogens with one attached hydrogen (secondary N) is 2. The molecule has 1 aromatic heterocycles. The number of thiocarbonyl (C=S) groups is 1. The lowest BCUT2D eigenvalue weighted by molar-refractivity contribution is -0.113. The third-order valence-corrected chi connectivity index (χ3v) is 5.33. The Labute approximate surface area is 160 Å². The zero-order chi connectivity index (χ0) is 18.7. The predicted octanol–water partition coefficient (Wildman–Crippen LogP) is 3.85. The third-order valence-electron chi connectivity index (χ3n) is 4.07. The van der Waals surface area contributed by atoms with E-state index in [0.29, 0.717) is 33.3 Å². The van der Waals surface area contributed by atoms with Crippen LogP contribution < -0.4 is 15.4 Å². The molecule has 1 aliphatic heterocycles. The molecule has 1 unspecified atom stereocenters. The second kappa shape index (κ2) is 7.66. The van der Waals surface area contributed by atoms with Crippen molar-refractivity contribution in [2.75, 3.05) is 12.4 Å². The molecule has 26 heavy (non-hydrogen) atoms. The third kappa shape index (κ3) is 3.32. The number of thiophene rings is 1. The molecule has 0 spiro atoms. The van der Waals surface area contributed by atoms with E-state index in [2.05, 4.69) is 16.5 Å². The maximum absolute atomic E-state index is 13.1. The molecule has 2 N–H and O–H groups in total. The van der Waals surface area contributed by atoms with Crippen molar-refractivity contribution in [2.45, 2.75) is 12.8 Å². The zero-order valence-electron chi connectivity index (χ0n) is 14.2. The normalized spacial score (nSPS) is 16.8. The quantitative estimate of drug-likeness (QED) is 0.479. The average Bonchev–Trinajstić information content (AvgIpc) is 3.15. The van der Waals surface area contributed by atoms with E-state index in [9.17, 15) is 10.2 Å². The number of carbonyl (C=O) groups excluding carboxylic acids is 1. The summed E-state index contributed by atoms with van der Waals surface area (Å²) < 4.78 is 5.30. The minimum absolute atomic E-state index is 0.298. The van der Waals surface area contributed by atoms with Crippen LogP contribution in [-0.2, 0) is 4.79 Å². The SMILES string of the molecule is COc1ccccc1NC(=O)C1=C(C)NC(=S)C(=C=[N-])C1c1cccs1.